The van der Waals surface area contributed by atoms with Crippen LogP contribution in [0.25, 0.3) is 28.0 Å². The first-order valence-corrected chi connectivity index (χ1v) is 14.3. The van der Waals surface area contributed by atoms with Crippen molar-refractivity contribution in [3.05, 3.63) is 87.9 Å². The topological polar surface area (TPSA) is 108 Å². The maximum Gasteiger partial charge on any atom is 0.355 e. The van der Waals surface area contributed by atoms with Gasteiger partial charge in [0.25, 0.3) is 0 Å². The molecule has 43 heavy (non-hydrogen) atoms. The van der Waals surface area contributed by atoms with Crippen LogP contribution in [0.2, 0.25) is 0 Å². The van der Waals surface area contributed by atoms with Crippen LogP contribution in [0.5, 0.6) is 0 Å². The van der Waals surface area contributed by atoms with Crippen molar-refractivity contribution in [3.8, 4) is 23.0 Å². The number of rotatable bonds is 5. The van der Waals surface area contributed by atoms with E-state index in [0.29, 0.717) is 35.7 Å². The molecule has 0 unspecified atom stereocenters. The van der Waals surface area contributed by atoms with E-state index in [2.05, 4.69) is 22.6 Å². The van der Waals surface area contributed by atoms with Crippen LogP contribution in [0, 0.1) is 31.0 Å². The number of nitriles is 1. The van der Waals surface area contributed by atoms with Crippen molar-refractivity contribution in [2.45, 2.75) is 59.5 Å². The van der Waals surface area contributed by atoms with E-state index in [1.54, 1.807) is 29.3 Å². The van der Waals surface area contributed by atoms with E-state index in [1.807, 2.05) is 52.5 Å². The Labute approximate surface area is 249 Å². The first kappa shape index (κ1) is 29.6. The van der Waals surface area contributed by atoms with Gasteiger partial charge in [0.1, 0.15) is 17.7 Å². The van der Waals surface area contributed by atoms with Crippen molar-refractivity contribution in [1.29, 1.82) is 5.26 Å². The molecule has 0 N–H and O–H groups in total. The highest BCUT2D eigenvalue weighted by atomic mass is 19.1. The highest BCUT2D eigenvalue weighted by Crippen LogP contribution is 2.35. The molecule has 3 aromatic heterocycles. The minimum absolute atomic E-state index is 0.0286. The summed E-state index contributed by atoms with van der Waals surface area (Å²) in [5.41, 5.74) is 2.96. The quantitative estimate of drug-likeness (QED) is 0.299. The van der Waals surface area contributed by atoms with E-state index in [9.17, 15) is 14.9 Å². The number of halogens is 1. The lowest BCUT2D eigenvalue weighted by atomic mass is 10.0. The molecule has 1 saturated heterocycles. The molecule has 1 aromatic carbocycles. The Hall–Kier alpha value is -4.91. The molecule has 10 heteroatoms. The summed E-state index contributed by atoms with van der Waals surface area (Å²) in [7, 11) is 0. The summed E-state index contributed by atoms with van der Waals surface area (Å²) in [5, 5.41) is 10.7. The number of amides is 1. The third-order valence-corrected chi connectivity index (χ3v) is 7.92. The van der Waals surface area contributed by atoms with Crippen LogP contribution >= 0.6 is 0 Å². The van der Waals surface area contributed by atoms with Gasteiger partial charge in [-0.15, -0.1) is 0 Å². The number of fused-ring (bicyclic) bond motifs is 1. The summed E-state index contributed by atoms with van der Waals surface area (Å²) in [5.74, 6) is -0.366. The average molecular weight is 580 g/mol. The maximum absolute atomic E-state index is 15.2. The van der Waals surface area contributed by atoms with Crippen LogP contribution in [-0.2, 0) is 4.79 Å². The molecule has 0 spiro atoms. The summed E-state index contributed by atoms with van der Waals surface area (Å²) >= 11 is 0. The Balaban J connectivity index is 1.88. The first-order chi connectivity index (χ1) is 20.5. The number of benzene rings is 1. The zero-order valence-electron chi connectivity index (χ0n) is 25.2. The van der Waals surface area contributed by atoms with E-state index in [-0.39, 0.29) is 46.4 Å². The molecule has 0 saturated carbocycles. The molecule has 9 nitrogen and oxygen atoms in total. The fourth-order valence-electron chi connectivity index (χ4n) is 5.97. The van der Waals surface area contributed by atoms with Gasteiger partial charge in [0, 0.05) is 36.9 Å². The zero-order valence-corrected chi connectivity index (χ0v) is 25.2. The third kappa shape index (κ3) is 5.16. The summed E-state index contributed by atoms with van der Waals surface area (Å²) in [6.45, 7) is 16.0. The Morgan fingerprint density at radius 3 is 2.47 bits per heavy atom. The number of anilines is 1. The van der Waals surface area contributed by atoms with Crippen LogP contribution in [0.3, 0.4) is 0 Å². The lowest BCUT2D eigenvalue weighted by Gasteiger charge is -2.45. The fourth-order valence-corrected chi connectivity index (χ4v) is 5.97. The maximum atomic E-state index is 15.2. The van der Waals surface area contributed by atoms with Crippen molar-refractivity contribution in [3.63, 3.8) is 0 Å². The number of hydrogen-bond acceptors (Lipinski definition) is 7. The SMILES string of the molecule is C=CC(=O)N1C[C@H](C)N(c2nc(=O)n(-c3c(C)ccnc3C(C)C)c3nc(-c4cc(C)ccc4F)c(C#N)cc23)[C@@H](C)C1. The van der Waals surface area contributed by atoms with Crippen molar-refractivity contribution in [2.75, 3.05) is 18.0 Å². The number of nitrogens with zero attached hydrogens (tertiary/aromatic N) is 7. The molecule has 2 atom stereocenters. The van der Waals surface area contributed by atoms with Gasteiger partial charge in [-0.3, -0.25) is 9.78 Å². The molecular weight excluding hydrogens is 545 g/mol. The number of pyridine rings is 2. The highest BCUT2D eigenvalue weighted by molar-refractivity contribution is 5.93. The molecule has 1 aliphatic rings. The van der Waals surface area contributed by atoms with Crippen molar-refractivity contribution >= 4 is 22.8 Å². The molecule has 4 aromatic rings. The summed E-state index contributed by atoms with van der Waals surface area (Å²) in [6, 6.07) is 9.85. The smallest absolute Gasteiger partial charge is 0.347 e. The molecular formula is C33H34FN7O2. The molecule has 0 bridgehead atoms. The summed E-state index contributed by atoms with van der Waals surface area (Å²) < 4.78 is 16.7. The largest absolute Gasteiger partial charge is 0.355 e. The van der Waals surface area contributed by atoms with Gasteiger partial charge in [-0.1, -0.05) is 32.1 Å². The van der Waals surface area contributed by atoms with Crippen LogP contribution in [0.15, 0.2) is 54.0 Å². The van der Waals surface area contributed by atoms with Gasteiger partial charge in [0.2, 0.25) is 5.91 Å². The number of aromatic nitrogens is 4. The Kier molecular flexibility index (Phi) is 7.84. The van der Waals surface area contributed by atoms with Gasteiger partial charge in [-0.2, -0.15) is 10.2 Å². The van der Waals surface area contributed by atoms with Gasteiger partial charge in [0.15, 0.2) is 5.65 Å². The van der Waals surface area contributed by atoms with Crippen LogP contribution in [0.4, 0.5) is 10.2 Å². The van der Waals surface area contributed by atoms with E-state index < -0.39 is 11.5 Å². The van der Waals surface area contributed by atoms with Crippen LogP contribution in [0.1, 0.15) is 56.0 Å². The Morgan fingerprint density at radius 1 is 1.14 bits per heavy atom. The Bertz CT molecular complexity index is 1860. The molecule has 5 rings (SSSR count). The minimum atomic E-state index is -0.572. The number of aryl methyl sites for hydroxylation is 2. The molecule has 220 valence electrons. The predicted molar refractivity (Wildman–Crippen MR) is 165 cm³/mol. The lowest BCUT2D eigenvalue weighted by Crippen LogP contribution is -2.58. The standard InChI is InChI=1S/C33H34FN7O2/c1-8-27(42)39-16-21(6)40(22(7)17-39)32-25-14-23(15-35)29(24-13-19(4)9-10-26(24)34)37-31(25)41(33(43)38-32)30-20(5)11-12-36-28(30)18(2)3/h8-14,18,21-22H,1,16-17H2,2-7H3/t21-,22-/m0/s1. The number of carbonyl (C=O) groups excluding carboxylic acids is 1. The molecule has 0 radical (unpaired) electrons. The molecule has 1 fully saturated rings. The van der Waals surface area contributed by atoms with E-state index in [1.165, 1.54) is 16.7 Å². The summed E-state index contributed by atoms with van der Waals surface area (Å²) in [4.78, 5) is 44.3. The minimum Gasteiger partial charge on any atom is -0.347 e. The molecule has 0 aliphatic carbocycles. The average Bonchev–Trinajstić information content (AvgIpc) is 2.97. The monoisotopic (exact) mass is 579 g/mol. The van der Waals surface area contributed by atoms with E-state index >= 15 is 4.39 Å². The molecule has 1 aliphatic heterocycles. The van der Waals surface area contributed by atoms with Crippen LogP contribution < -0.4 is 10.6 Å². The van der Waals surface area contributed by atoms with Crippen molar-refractivity contribution in [2.24, 2.45) is 0 Å². The Morgan fingerprint density at radius 2 is 1.84 bits per heavy atom. The van der Waals surface area contributed by atoms with E-state index in [0.717, 1.165) is 11.1 Å². The van der Waals surface area contributed by atoms with Gasteiger partial charge >= 0.3 is 5.69 Å². The molecule has 1 amide bonds. The van der Waals surface area contributed by atoms with Gasteiger partial charge in [-0.05, 0) is 69.5 Å². The lowest BCUT2D eigenvalue weighted by molar-refractivity contribution is -0.127. The first-order valence-electron chi connectivity index (χ1n) is 14.3. The van der Waals surface area contributed by atoms with Crippen molar-refractivity contribution in [1.82, 2.24) is 24.4 Å². The van der Waals surface area contributed by atoms with Gasteiger partial charge in [0.05, 0.1) is 28.0 Å². The second kappa shape index (κ2) is 11.4. The number of hydrogen-bond donors (Lipinski definition) is 0. The highest BCUT2D eigenvalue weighted by Gasteiger charge is 2.34. The van der Waals surface area contributed by atoms with E-state index in [4.69, 9.17) is 4.98 Å². The zero-order chi connectivity index (χ0) is 31.2. The molecule has 4 heterocycles. The number of piperazine rings is 1. The van der Waals surface area contributed by atoms with Gasteiger partial charge in [-0.25, -0.2) is 18.7 Å². The van der Waals surface area contributed by atoms with Crippen LogP contribution in [-0.4, -0.2) is 55.5 Å². The third-order valence-electron chi connectivity index (χ3n) is 7.92. The normalized spacial score (nSPS) is 16.9. The second-order valence-electron chi connectivity index (χ2n) is 11.5. The van der Waals surface area contributed by atoms with Crippen molar-refractivity contribution < 1.29 is 9.18 Å². The summed E-state index contributed by atoms with van der Waals surface area (Å²) in [6.07, 6.45) is 2.99. The predicted octanol–water partition coefficient (Wildman–Crippen LogP) is 5.21. The van der Waals surface area contributed by atoms with Gasteiger partial charge < -0.3 is 9.80 Å². The number of carbonyl (C=O) groups is 1. The second-order valence-corrected chi connectivity index (χ2v) is 11.5. The fraction of sp³-hybridized carbons (Fsp3) is 0.333.